The molecular weight excluding hydrogens is 389 g/mol. The van der Waals surface area contributed by atoms with Crippen LogP contribution in [0.3, 0.4) is 0 Å². The summed E-state index contributed by atoms with van der Waals surface area (Å²) in [4.78, 5) is 16.5. The number of fused-ring (bicyclic) bond motifs is 1. The van der Waals surface area contributed by atoms with Crippen LogP contribution in [-0.2, 0) is 11.2 Å². The third-order valence-electron chi connectivity index (χ3n) is 4.66. The molecule has 2 heterocycles. The number of amides is 1. The van der Waals surface area contributed by atoms with Crippen molar-refractivity contribution in [3.63, 3.8) is 0 Å². The van der Waals surface area contributed by atoms with Gasteiger partial charge in [0.2, 0.25) is 5.91 Å². The Morgan fingerprint density at radius 1 is 1.27 bits per heavy atom. The fourth-order valence-corrected chi connectivity index (χ4v) is 4.27. The van der Waals surface area contributed by atoms with Crippen molar-refractivity contribution in [2.24, 2.45) is 5.92 Å². The molecule has 0 radical (unpaired) electrons. The first kappa shape index (κ1) is 23.2. The van der Waals surface area contributed by atoms with E-state index in [2.05, 4.69) is 33.8 Å². The highest BCUT2D eigenvalue weighted by molar-refractivity contribution is 7.18. The lowest BCUT2D eigenvalue weighted by Gasteiger charge is -2.22. The quantitative estimate of drug-likeness (QED) is 0.627. The number of hydrogen-bond acceptors (Lipinski definition) is 4. The second-order valence-corrected chi connectivity index (χ2v) is 7.75. The van der Waals surface area contributed by atoms with E-state index in [1.165, 1.54) is 22.5 Å². The first-order valence-electron chi connectivity index (χ1n) is 9.13. The number of rotatable bonds is 8. The lowest BCUT2D eigenvalue weighted by Crippen LogP contribution is -2.33. The Balaban J connectivity index is 0.00000169. The summed E-state index contributed by atoms with van der Waals surface area (Å²) in [6.45, 7) is 3.08. The zero-order valence-corrected chi connectivity index (χ0v) is 17.5. The molecule has 0 aliphatic carbocycles. The molecule has 0 bridgehead atoms. The van der Waals surface area contributed by atoms with Crippen molar-refractivity contribution >= 4 is 52.3 Å². The minimum atomic E-state index is 0. The molecule has 1 saturated heterocycles. The number of thiazole rings is 1. The Labute approximate surface area is 172 Å². The van der Waals surface area contributed by atoms with Gasteiger partial charge in [-0.15, -0.1) is 36.2 Å². The molecule has 1 amide bonds. The van der Waals surface area contributed by atoms with Crippen molar-refractivity contribution in [3.8, 4) is 0 Å². The molecule has 1 aliphatic rings. The Bertz CT molecular complexity index is 626. The Morgan fingerprint density at radius 3 is 2.88 bits per heavy atom. The largest absolute Gasteiger partial charge is 0.356 e. The molecule has 2 N–H and O–H groups in total. The van der Waals surface area contributed by atoms with E-state index in [4.69, 9.17) is 0 Å². The minimum absolute atomic E-state index is 0. The summed E-state index contributed by atoms with van der Waals surface area (Å²) >= 11 is 1.77. The lowest BCUT2D eigenvalue weighted by molar-refractivity contribution is -0.121. The van der Waals surface area contributed by atoms with Crippen molar-refractivity contribution in [1.29, 1.82) is 0 Å². The summed E-state index contributed by atoms with van der Waals surface area (Å²) < 4.78 is 1.25. The van der Waals surface area contributed by atoms with Crippen LogP contribution in [0.2, 0.25) is 0 Å². The van der Waals surface area contributed by atoms with Crippen LogP contribution in [0.4, 0.5) is 0 Å². The number of benzene rings is 1. The molecule has 4 nitrogen and oxygen atoms in total. The van der Waals surface area contributed by atoms with Gasteiger partial charge in [-0.3, -0.25) is 4.79 Å². The van der Waals surface area contributed by atoms with Gasteiger partial charge in [-0.25, -0.2) is 4.98 Å². The van der Waals surface area contributed by atoms with Gasteiger partial charge in [-0.05, 0) is 69.7 Å². The van der Waals surface area contributed by atoms with Gasteiger partial charge in [0, 0.05) is 13.0 Å². The number of hydrogen-bond donors (Lipinski definition) is 2. The first-order chi connectivity index (χ1) is 11.8. The molecule has 146 valence electrons. The highest BCUT2D eigenvalue weighted by atomic mass is 35.5. The highest BCUT2D eigenvalue weighted by Gasteiger charge is 2.12. The van der Waals surface area contributed by atoms with E-state index in [-0.39, 0.29) is 30.7 Å². The van der Waals surface area contributed by atoms with E-state index < -0.39 is 0 Å². The van der Waals surface area contributed by atoms with Gasteiger partial charge < -0.3 is 10.6 Å². The van der Waals surface area contributed by atoms with Gasteiger partial charge in [-0.1, -0.05) is 12.1 Å². The molecule has 1 aromatic heterocycles. The van der Waals surface area contributed by atoms with Gasteiger partial charge >= 0.3 is 0 Å². The van der Waals surface area contributed by atoms with Crippen molar-refractivity contribution in [2.45, 2.75) is 44.9 Å². The molecule has 26 heavy (non-hydrogen) atoms. The van der Waals surface area contributed by atoms with Crippen molar-refractivity contribution in [3.05, 3.63) is 29.3 Å². The predicted octanol–water partition coefficient (Wildman–Crippen LogP) is 4.36. The molecule has 1 aliphatic heterocycles. The number of unbranched alkanes of at least 4 members (excludes halogenated alkanes) is 1. The standard InChI is InChI=1S/C19H27N3OS.2ClH/c23-18(21-13-11-15-6-5-12-20-14-15)9-3-4-10-19-22-16-7-1-2-8-17(16)24-19;;/h1-2,7-8,15,20H,3-6,9-14H2,(H,21,23);2*1H. The number of carbonyl (C=O) groups is 1. The second kappa shape index (κ2) is 12.5. The van der Waals surface area contributed by atoms with E-state index >= 15 is 0 Å². The van der Waals surface area contributed by atoms with Crippen LogP contribution in [0.15, 0.2) is 24.3 Å². The maximum absolute atomic E-state index is 11.9. The molecular formula is C19H29Cl2N3OS. The number of para-hydroxylation sites is 1. The fourth-order valence-electron chi connectivity index (χ4n) is 3.26. The van der Waals surface area contributed by atoms with Gasteiger partial charge in [0.25, 0.3) is 0 Å². The molecule has 2 aromatic rings. The van der Waals surface area contributed by atoms with Crippen molar-refractivity contribution in [1.82, 2.24) is 15.6 Å². The summed E-state index contributed by atoms with van der Waals surface area (Å²) in [7, 11) is 0. The van der Waals surface area contributed by atoms with Gasteiger partial charge in [0.15, 0.2) is 0 Å². The van der Waals surface area contributed by atoms with Crippen LogP contribution < -0.4 is 10.6 Å². The van der Waals surface area contributed by atoms with E-state index in [1.807, 2.05) is 6.07 Å². The van der Waals surface area contributed by atoms with Crippen LogP contribution in [0, 0.1) is 5.92 Å². The highest BCUT2D eigenvalue weighted by Crippen LogP contribution is 2.22. The van der Waals surface area contributed by atoms with Crippen molar-refractivity contribution < 1.29 is 4.79 Å². The number of aryl methyl sites for hydroxylation is 1. The second-order valence-electron chi connectivity index (χ2n) is 6.63. The molecule has 1 fully saturated rings. The van der Waals surface area contributed by atoms with Crippen LogP contribution >= 0.6 is 36.2 Å². The maximum Gasteiger partial charge on any atom is 0.219 e. The number of halogens is 2. The van der Waals surface area contributed by atoms with E-state index in [9.17, 15) is 4.79 Å². The van der Waals surface area contributed by atoms with Crippen LogP contribution in [0.25, 0.3) is 10.2 Å². The zero-order valence-electron chi connectivity index (χ0n) is 15.0. The summed E-state index contributed by atoms with van der Waals surface area (Å²) in [6.07, 6.45) is 7.24. The molecule has 0 saturated carbocycles. The molecule has 0 spiro atoms. The molecule has 7 heteroatoms. The number of piperidine rings is 1. The normalized spacial score (nSPS) is 16.5. The topological polar surface area (TPSA) is 54.0 Å². The van der Waals surface area contributed by atoms with Crippen LogP contribution in [0.5, 0.6) is 0 Å². The Hall–Kier alpha value is -0.880. The summed E-state index contributed by atoms with van der Waals surface area (Å²) in [5, 5.41) is 7.67. The SMILES string of the molecule is Cl.Cl.O=C(CCCCc1nc2ccccc2s1)NCCC1CCCNC1. The van der Waals surface area contributed by atoms with Gasteiger partial charge in [0.1, 0.15) is 0 Å². The number of nitrogens with zero attached hydrogens (tertiary/aromatic N) is 1. The van der Waals surface area contributed by atoms with Crippen LogP contribution in [0.1, 0.15) is 43.5 Å². The minimum Gasteiger partial charge on any atom is -0.356 e. The number of aromatic nitrogens is 1. The lowest BCUT2D eigenvalue weighted by atomic mass is 9.96. The average Bonchev–Trinajstić information content (AvgIpc) is 3.02. The Kier molecular flexibility index (Phi) is 11.1. The fraction of sp³-hybridized carbons (Fsp3) is 0.579. The van der Waals surface area contributed by atoms with Gasteiger partial charge in [0.05, 0.1) is 15.2 Å². The maximum atomic E-state index is 11.9. The smallest absolute Gasteiger partial charge is 0.219 e. The third kappa shape index (κ3) is 7.39. The average molecular weight is 418 g/mol. The van der Waals surface area contributed by atoms with E-state index in [0.29, 0.717) is 6.42 Å². The molecule has 3 rings (SSSR count). The van der Waals surface area contributed by atoms with Crippen molar-refractivity contribution in [2.75, 3.05) is 19.6 Å². The number of nitrogens with one attached hydrogen (secondary N) is 2. The van der Waals surface area contributed by atoms with Gasteiger partial charge in [-0.2, -0.15) is 0 Å². The molecule has 1 aromatic carbocycles. The monoisotopic (exact) mass is 417 g/mol. The predicted molar refractivity (Wildman–Crippen MR) is 115 cm³/mol. The molecule has 1 atom stereocenters. The first-order valence-corrected chi connectivity index (χ1v) is 9.95. The zero-order chi connectivity index (χ0) is 16.6. The summed E-state index contributed by atoms with van der Waals surface area (Å²) in [6, 6.07) is 8.26. The summed E-state index contributed by atoms with van der Waals surface area (Å²) in [5.41, 5.74) is 1.09. The summed E-state index contributed by atoms with van der Waals surface area (Å²) in [5.74, 6) is 0.932. The molecule has 1 unspecified atom stereocenters. The van der Waals surface area contributed by atoms with E-state index in [1.54, 1.807) is 11.3 Å². The number of carbonyl (C=O) groups excluding carboxylic acids is 1. The van der Waals surface area contributed by atoms with E-state index in [0.717, 1.165) is 56.8 Å². The van der Waals surface area contributed by atoms with Crippen LogP contribution in [-0.4, -0.2) is 30.5 Å². The third-order valence-corrected chi connectivity index (χ3v) is 5.75. The Morgan fingerprint density at radius 2 is 2.12 bits per heavy atom.